The third-order valence-electron chi connectivity index (χ3n) is 3.43. The molecular weight excluding hydrogens is 330 g/mol. The molecule has 0 aromatic heterocycles. The Bertz CT molecular complexity index is 712. The van der Waals surface area contributed by atoms with Crippen LogP contribution in [0.5, 0.6) is 0 Å². The number of methoxy groups -OCH3 is 1. The van der Waals surface area contributed by atoms with Crippen molar-refractivity contribution in [2.75, 3.05) is 31.9 Å². The zero-order valence-electron chi connectivity index (χ0n) is 13.8. The second kappa shape index (κ2) is 8.18. The van der Waals surface area contributed by atoms with Gasteiger partial charge < -0.3 is 9.47 Å². The summed E-state index contributed by atoms with van der Waals surface area (Å²) in [7, 11) is 1.50. The van der Waals surface area contributed by atoms with Gasteiger partial charge >= 0.3 is 0 Å². The Balaban J connectivity index is 2.43. The maximum Gasteiger partial charge on any atom is 0.288 e. The number of hydrogen-bond acceptors (Lipinski definition) is 8. The largest absolute Gasteiger partial charge is 0.383 e. The molecule has 10 heteroatoms. The fourth-order valence-corrected chi connectivity index (χ4v) is 2.26. The van der Waals surface area contributed by atoms with Gasteiger partial charge in [0, 0.05) is 32.4 Å². The monoisotopic (exact) mass is 347 g/mol. The molecule has 1 aliphatic heterocycles. The number of carbonyl (C=O) groups excluding carboxylic acids is 1. The van der Waals surface area contributed by atoms with Crippen molar-refractivity contribution in [3.05, 3.63) is 34.4 Å². The van der Waals surface area contributed by atoms with Gasteiger partial charge in [-0.3, -0.25) is 19.8 Å². The first-order valence-corrected chi connectivity index (χ1v) is 7.47. The zero-order valence-corrected chi connectivity index (χ0v) is 13.8. The summed E-state index contributed by atoms with van der Waals surface area (Å²) in [6.07, 6.45) is -0.883. The molecule has 1 aromatic carbocycles. The lowest BCUT2D eigenvalue weighted by Gasteiger charge is -2.39. The lowest BCUT2D eigenvalue weighted by atomic mass is 10.2. The highest BCUT2D eigenvalue weighted by Crippen LogP contribution is 2.26. The number of amides is 1. The minimum Gasteiger partial charge on any atom is -0.383 e. The fourth-order valence-electron chi connectivity index (χ4n) is 2.26. The summed E-state index contributed by atoms with van der Waals surface area (Å²) in [5.41, 5.74) is 0.0719. The predicted octanol–water partition coefficient (Wildman–Crippen LogP) is 1.09. The van der Waals surface area contributed by atoms with Crippen LogP contribution in [0, 0.1) is 21.4 Å². The summed E-state index contributed by atoms with van der Waals surface area (Å²) in [6, 6.07) is 7.35. The van der Waals surface area contributed by atoms with Gasteiger partial charge in [0.25, 0.3) is 11.6 Å². The number of hydrogen-bond donors (Lipinski definition) is 0. The van der Waals surface area contributed by atoms with E-state index in [0.717, 1.165) is 0 Å². The molecule has 1 aromatic rings. The molecule has 0 spiro atoms. The standard InChI is InChI=1S/C15H17N5O5/c1-3-25-15-18(8-9-24-2)14(21)13(10-16)17-19(15)11-4-6-12(7-5-11)20(22)23/h4-7,15H,3,8-9H2,1-2H3/t15-/m0/s1. The topological polar surface area (TPSA) is 121 Å². The number of non-ortho nitro benzene ring substituents is 1. The van der Waals surface area contributed by atoms with Crippen LogP contribution in [0.1, 0.15) is 6.92 Å². The highest BCUT2D eigenvalue weighted by Gasteiger charge is 2.37. The smallest absolute Gasteiger partial charge is 0.288 e. The molecule has 0 fully saturated rings. The van der Waals surface area contributed by atoms with E-state index in [2.05, 4.69) is 5.10 Å². The van der Waals surface area contributed by atoms with Crippen LogP contribution in [0.25, 0.3) is 0 Å². The number of nitro groups is 1. The van der Waals surface area contributed by atoms with Crippen molar-refractivity contribution in [1.29, 1.82) is 5.26 Å². The van der Waals surface area contributed by atoms with Crippen molar-refractivity contribution in [3.8, 4) is 6.07 Å². The molecule has 0 aliphatic carbocycles. The third kappa shape index (κ3) is 3.90. The second-order valence-corrected chi connectivity index (χ2v) is 4.95. The van der Waals surface area contributed by atoms with Gasteiger partial charge in [0.2, 0.25) is 12.1 Å². The van der Waals surface area contributed by atoms with Gasteiger partial charge in [-0.15, -0.1) is 0 Å². The first kappa shape index (κ1) is 18.3. The average Bonchev–Trinajstić information content (AvgIpc) is 2.62. The predicted molar refractivity (Wildman–Crippen MR) is 87.6 cm³/mol. The molecule has 1 amide bonds. The van der Waals surface area contributed by atoms with Gasteiger partial charge in [-0.05, 0) is 19.1 Å². The second-order valence-electron chi connectivity index (χ2n) is 4.95. The molecule has 132 valence electrons. The minimum absolute atomic E-state index is 0.0782. The van der Waals surface area contributed by atoms with Gasteiger partial charge in [-0.2, -0.15) is 10.4 Å². The summed E-state index contributed by atoms with van der Waals surface area (Å²) in [5, 5.41) is 25.4. The van der Waals surface area contributed by atoms with Gasteiger partial charge in [0.15, 0.2) is 0 Å². The quantitative estimate of drug-likeness (QED) is 0.534. The van der Waals surface area contributed by atoms with Crippen molar-refractivity contribution in [1.82, 2.24) is 4.90 Å². The number of nitro benzene ring substituents is 1. The molecule has 2 rings (SSSR count). The molecule has 0 bridgehead atoms. The number of ether oxygens (including phenoxy) is 2. The van der Waals surface area contributed by atoms with Crippen molar-refractivity contribution >= 4 is 23.0 Å². The molecule has 1 heterocycles. The van der Waals surface area contributed by atoms with Crippen LogP contribution in [0.2, 0.25) is 0 Å². The molecular formula is C15H17N5O5. The Labute approximate surface area is 144 Å². The van der Waals surface area contributed by atoms with Crippen molar-refractivity contribution < 1.29 is 19.2 Å². The number of nitrogens with zero attached hydrogens (tertiary/aromatic N) is 5. The maximum atomic E-state index is 12.4. The van der Waals surface area contributed by atoms with Gasteiger partial charge in [0.1, 0.15) is 6.07 Å². The number of anilines is 1. The van der Waals surface area contributed by atoms with E-state index in [1.807, 2.05) is 0 Å². The summed E-state index contributed by atoms with van der Waals surface area (Å²) < 4.78 is 10.6. The first-order valence-electron chi connectivity index (χ1n) is 7.47. The van der Waals surface area contributed by atoms with E-state index in [1.54, 1.807) is 13.0 Å². The first-order chi connectivity index (χ1) is 12.0. The van der Waals surface area contributed by atoms with Crippen LogP contribution in [0.3, 0.4) is 0 Å². The average molecular weight is 347 g/mol. The number of hydrazone groups is 1. The van der Waals surface area contributed by atoms with Crippen LogP contribution in [-0.4, -0.2) is 54.7 Å². The molecule has 10 nitrogen and oxygen atoms in total. The van der Waals surface area contributed by atoms with E-state index in [9.17, 15) is 20.2 Å². The SMILES string of the molecule is CCO[C@H]1N(CCOC)C(=O)C(C#N)=NN1c1ccc([N+](=O)[O-])cc1. The van der Waals surface area contributed by atoms with Gasteiger partial charge in [-0.1, -0.05) is 0 Å². The van der Waals surface area contributed by atoms with Crippen molar-refractivity contribution in [2.45, 2.75) is 13.3 Å². The van der Waals surface area contributed by atoms with Crippen LogP contribution in [0.15, 0.2) is 29.4 Å². The highest BCUT2D eigenvalue weighted by atomic mass is 16.6. The molecule has 0 saturated carbocycles. The summed E-state index contributed by atoms with van der Waals surface area (Å²) >= 11 is 0. The van der Waals surface area contributed by atoms with Crippen LogP contribution in [-0.2, 0) is 14.3 Å². The minimum atomic E-state index is -0.883. The lowest BCUT2D eigenvalue weighted by Crippen LogP contribution is -2.57. The molecule has 1 aliphatic rings. The van der Waals surface area contributed by atoms with Crippen LogP contribution >= 0.6 is 0 Å². The number of nitriles is 1. The highest BCUT2D eigenvalue weighted by molar-refractivity contribution is 6.45. The Morgan fingerprint density at radius 2 is 2.08 bits per heavy atom. The fraction of sp³-hybridized carbons (Fsp3) is 0.400. The molecule has 0 saturated heterocycles. The van der Waals surface area contributed by atoms with Gasteiger partial charge in [0.05, 0.1) is 17.2 Å². The maximum absolute atomic E-state index is 12.4. The molecule has 0 radical (unpaired) electrons. The van der Waals surface area contributed by atoms with E-state index in [1.165, 1.54) is 41.3 Å². The normalized spacial score (nSPS) is 17.2. The van der Waals surface area contributed by atoms with E-state index < -0.39 is 17.2 Å². The summed E-state index contributed by atoms with van der Waals surface area (Å²) in [5.74, 6) is -0.559. The molecule has 25 heavy (non-hydrogen) atoms. The Kier molecular flexibility index (Phi) is 5.99. The number of rotatable bonds is 7. The number of carbonyl (C=O) groups is 1. The van der Waals surface area contributed by atoms with E-state index in [4.69, 9.17) is 9.47 Å². The van der Waals surface area contributed by atoms with Crippen LogP contribution in [0.4, 0.5) is 11.4 Å². The Morgan fingerprint density at radius 1 is 1.40 bits per heavy atom. The van der Waals surface area contributed by atoms with E-state index >= 15 is 0 Å². The van der Waals surface area contributed by atoms with Crippen LogP contribution < -0.4 is 5.01 Å². The third-order valence-corrected chi connectivity index (χ3v) is 3.43. The van der Waals surface area contributed by atoms with E-state index in [-0.39, 0.29) is 24.6 Å². The summed E-state index contributed by atoms with van der Waals surface area (Å²) in [4.78, 5) is 24.0. The summed E-state index contributed by atoms with van der Waals surface area (Å²) in [6.45, 7) is 2.51. The lowest BCUT2D eigenvalue weighted by molar-refractivity contribution is -0.384. The molecule has 0 N–H and O–H groups in total. The van der Waals surface area contributed by atoms with Crippen molar-refractivity contribution in [2.24, 2.45) is 5.10 Å². The van der Waals surface area contributed by atoms with E-state index in [0.29, 0.717) is 12.3 Å². The molecule has 1 atom stereocenters. The van der Waals surface area contributed by atoms with Gasteiger partial charge in [-0.25, -0.2) is 5.01 Å². The Morgan fingerprint density at radius 3 is 2.60 bits per heavy atom. The number of benzene rings is 1. The van der Waals surface area contributed by atoms with Crippen molar-refractivity contribution in [3.63, 3.8) is 0 Å². The Hall–Kier alpha value is -3.03. The zero-order chi connectivity index (χ0) is 18.4. The molecule has 0 unspecified atom stereocenters.